The Balaban J connectivity index is 2.22. The fourth-order valence-corrected chi connectivity index (χ4v) is 1.92. The van der Waals surface area contributed by atoms with Crippen molar-refractivity contribution in [2.45, 2.75) is 0 Å². The number of oxazole rings is 1. The van der Waals surface area contributed by atoms with Crippen LogP contribution in [-0.2, 0) is 0 Å². The lowest BCUT2D eigenvalue weighted by atomic mass is 10.2. The zero-order valence-electron chi connectivity index (χ0n) is 9.15. The van der Waals surface area contributed by atoms with Crippen LogP contribution in [0.1, 0.15) is 0 Å². The van der Waals surface area contributed by atoms with E-state index in [0.717, 1.165) is 0 Å². The Labute approximate surface area is 107 Å². The number of hydrogen-bond acceptors (Lipinski definition) is 3. The molecule has 0 radical (unpaired) electrons. The van der Waals surface area contributed by atoms with Crippen LogP contribution in [0.25, 0.3) is 22.6 Å². The second kappa shape index (κ2) is 3.99. The minimum Gasteiger partial charge on any atom is -0.436 e. The normalized spacial score (nSPS) is 11.0. The maximum absolute atomic E-state index is 13.1. The highest BCUT2D eigenvalue weighted by atomic mass is 35.5. The summed E-state index contributed by atoms with van der Waals surface area (Å²) in [6, 6.07) is 9.18. The molecule has 3 nitrogen and oxygen atoms in total. The van der Waals surface area contributed by atoms with E-state index in [4.69, 9.17) is 21.8 Å². The molecule has 1 aromatic heterocycles. The zero-order chi connectivity index (χ0) is 12.7. The standard InChI is InChI=1S/C13H8ClFN2O/c14-10-3-2-8(16)6-9(10)13-17-11-5-7(15)1-4-12(11)18-13/h1-6H,16H2. The van der Waals surface area contributed by atoms with Gasteiger partial charge in [0, 0.05) is 11.8 Å². The molecule has 2 aromatic carbocycles. The lowest BCUT2D eigenvalue weighted by Gasteiger charge is -2.00. The topological polar surface area (TPSA) is 52.0 Å². The van der Waals surface area contributed by atoms with Crippen LogP contribution in [0.15, 0.2) is 40.8 Å². The molecule has 0 fully saturated rings. The summed E-state index contributed by atoms with van der Waals surface area (Å²) in [7, 11) is 0. The van der Waals surface area contributed by atoms with Gasteiger partial charge in [0.15, 0.2) is 5.58 Å². The summed E-state index contributed by atoms with van der Waals surface area (Å²) in [6.07, 6.45) is 0. The number of halogens is 2. The Kier molecular flexibility index (Phi) is 2.45. The van der Waals surface area contributed by atoms with Crippen molar-refractivity contribution < 1.29 is 8.81 Å². The molecule has 90 valence electrons. The predicted molar refractivity (Wildman–Crippen MR) is 68.8 cm³/mol. The molecule has 0 saturated carbocycles. The van der Waals surface area contributed by atoms with Crippen LogP contribution in [0, 0.1) is 5.82 Å². The smallest absolute Gasteiger partial charge is 0.228 e. The highest BCUT2D eigenvalue weighted by Gasteiger charge is 2.12. The molecule has 1 heterocycles. The summed E-state index contributed by atoms with van der Waals surface area (Å²) in [5, 5.41) is 0.483. The van der Waals surface area contributed by atoms with Crippen LogP contribution in [-0.4, -0.2) is 4.98 Å². The van der Waals surface area contributed by atoms with E-state index in [9.17, 15) is 4.39 Å². The molecule has 0 atom stereocenters. The van der Waals surface area contributed by atoms with Gasteiger partial charge in [-0.2, -0.15) is 0 Å². The Bertz CT molecular complexity index is 739. The van der Waals surface area contributed by atoms with Gasteiger partial charge in [0.1, 0.15) is 11.3 Å². The van der Waals surface area contributed by atoms with Gasteiger partial charge in [-0.1, -0.05) is 11.6 Å². The highest BCUT2D eigenvalue weighted by Crippen LogP contribution is 2.31. The van der Waals surface area contributed by atoms with Gasteiger partial charge >= 0.3 is 0 Å². The molecule has 3 aromatic rings. The first-order valence-electron chi connectivity index (χ1n) is 5.25. The fourth-order valence-electron chi connectivity index (χ4n) is 1.72. The van der Waals surface area contributed by atoms with Crippen LogP contribution in [0.3, 0.4) is 0 Å². The Morgan fingerprint density at radius 3 is 2.83 bits per heavy atom. The van der Waals surface area contributed by atoms with Gasteiger partial charge in [0.2, 0.25) is 5.89 Å². The van der Waals surface area contributed by atoms with E-state index < -0.39 is 0 Å². The molecular weight excluding hydrogens is 255 g/mol. The summed E-state index contributed by atoms with van der Waals surface area (Å²) in [6.45, 7) is 0. The maximum Gasteiger partial charge on any atom is 0.228 e. The van der Waals surface area contributed by atoms with Crippen molar-refractivity contribution in [3.63, 3.8) is 0 Å². The van der Waals surface area contributed by atoms with E-state index in [-0.39, 0.29) is 5.82 Å². The van der Waals surface area contributed by atoms with Crippen molar-refractivity contribution >= 4 is 28.4 Å². The average Bonchev–Trinajstić information content (AvgIpc) is 2.74. The molecule has 0 bridgehead atoms. The second-order valence-corrected chi connectivity index (χ2v) is 4.28. The predicted octanol–water partition coefficient (Wildman–Crippen LogP) is 3.87. The van der Waals surface area contributed by atoms with Crippen molar-refractivity contribution in [3.8, 4) is 11.5 Å². The summed E-state index contributed by atoms with van der Waals surface area (Å²) < 4.78 is 18.6. The van der Waals surface area contributed by atoms with Crippen molar-refractivity contribution in [2.24, 2.45) is 0 Å². The Morgan fingerprint density at radius 1 is 1.17 bits per heavy atom. The molecule has 0 unspecified atom stereocenters. The minimum atomic E-state index is -0.360. The number of benzene rings is 2. The van der Waals surface area contributed by atoms with Gasteiger partial charge in [-0.05, 0) is 30.3 Å². The van der Waals surface area contributed by atoms with E-state index in [1.54, 1.807) is 18.2 Å². The number of nitrogens with two attached hydrogens (primary N) is 1. The molecule has 5 heteroatoms. The molecule has 2 N–H and O–H groups in total. The number of fused-ring (bicyclic) bond motifs is 1. The van der Waals surface area contributed by atoms with E-state index in [1.807, 2.05) is 0 Å². The summed E-state index contributed by atoms with van der Waals surface area (Å²) in [5.41, 5.74) is 7.80. The lowest BCUT2D eigenvalue weighted by Crippen LogP contribution is -1.86. The third-order valence-corrected chi connectivity index (χ3v) is 2.90. The van der Waals surface area contributed by atoms with E-state index in [2.05, 4.69) is 4.98 Å². The molecular formula is C13H8ClFN2O. The monoisotopic (exact) mass is 262 g/mol. The lowest BCUT2D eigenvalue weighted by molar-refractivity contribution is 0.614. The number of hydrogen-bond donors (Lipinski definition) is 1. The van der Waals surface area contributed by atoms with Gasteiger partial charge in [-0.3, -0.25) is 0 Å². The van der Waals surface area contributed by atoms with Gasteiger partial charge in [0.25, 0.3) is 0 Å². The average molecular weight is 263 g/mol. The largest absolute Gasteiger partial charge is 0.436 e. The molecule has 0 aliphatic heterocycles. The molecule has 3 rings (SSSR count). The molecule has 0 aliphatic rings. The van der Waals surface area contributed by atoms with E-state index in [0.29, 0.717) is 33.3 Å². The zero-order valence-corrected chi connectivity index (χ0v) is 9.91. The van der Waals surface area contributed by atoms with Crippen LogP contribution in [0.2, 0.25) is 5.02 Å². The van der Waals surface area contributed by atoms with Gasteiger partial charge in [0.05, 0.1) is 10.6 Å². The van der Waals surface area contributed by atoms with Gasteiger partial charge in [-0.15, -0.1) is 0 Å². The van der Waals surface area contributed by atoms with E-state index >= 15 is 0 Å². The van der Waals surface area contributed by atoms with Gasteiger partial charge < -0.3 is 10.2 Å². The second-order valence-electron chi connectivity index (χ2n) is 3.87. The minimum absolute atomic E-state index is 0.327. The maximum atomic E-state index is 13.1. The quantitative estimate of drug-likeness (QED) is 0.677. The Hall–Kier alpha value is -2.07. The first-order valence-corrected chi connectivity index (χ1v) is 5.63. The number of rotatable bonds is 1. The third-order valence-electron chi connectivity index (χ3n) is 2.57. The SMILES string of the molecule is Nc1ccc(Cl)c(-c2nc3cc(F)ccc3o2)c1. The molecule has 0 spiro atoms. The van der Waals surface area contributed by atoms with Crippen LogP contribution in [0.4, 0.5) is 10.1 Å². The number of aromatic nitrogens is 1. The summed E-state index contributed by atoms with van der Waals surface area (Å²) >= 11 is 6.06. The number of anilines is 1. The van der Waals surface area contributed by atoms with Crippen LogP contribution in [0.5, 0.6) is 0 Å². The van der Waals surface area contributed by atoms with Crippen LogP contribution >= 0.6 is 11.6 Å². The van der Waals surface area contributed by atoms with Crippen molar-refractivity contribution in [2.75, 3.05) is 5.73 Å². The molecule has 0 aliphatic carbocycles. The molecule has 0 saturated heterocycles. The summed E-state index contributed by atoms with van der Waals surface area (Å²) in [4.78, 5) is 4.20. The van der Waals surface area contributed by atoms with Crippen molar-refractivity contribution in [1.82, 2.24) is 4.98 Å². The first kappa shape index (κ1) is 11.0. The first-order chi connectivity index (χ1) is 8.63. The summed E-state index contributed by atoms with van der Waals surface area (Å²) in [5.74, 6) is -0.0334. The van der Waals surface area contributed by atoms with Crippen LogP contribution < -0.4 is 5.73 Å². The third kappa shape index (κ3) is 1.80. The molecule has 18 heavy (non-hydrogen) atoms. The molecule has 0 amide bonds. The Morgan fingerprint density at radius 2 is 2.00 bits per heavy atom. The fraction of sp³-hybridized carbons (Fsp3) is 0. The van der Waals surface area contributed by atoms with E-state index in [1.165, 1.54) is 18.2 Å². The van der Waals surface area contributed by atoms with Crippen molar-refractivity contribution in [1.29, 1.82) is 0 Å². The number of nitrogens with zero attached hydrogens (tertiary/aromatic N) is 1. The van der Waals surface area contributed by atoms with Gasteiger partial charge in [-0.25, -0.2) is 9.37 Å². The van der Waals surface area contributed by atoms with Crippen molar-refractivity contribution in [3.05, 3.63) is 47.2 Å². The highest BCUT2D eigenvalue weighted by molar-refractivity contribution is 6.33. The number of nitrogen functional groups attached to an aromatic ring is 1.